The summed E-state index contributed by atoms with van der Waals surface area (Å²) in [6.07, 6.45) is 3.83. The summed E-state index contributed by atoms with van der Waals surface area (Å²) in [4.78, 5) is 11.6. The number of aliphatic carboxylic acids is 1. The third-order valence-electron chi connectivity index (χ3n) is 4.89. The van der Waals surface area contributed by atoms with Gasteiger partial charge in [0.15, 0.2) is 0 Å². The minimum absolute atomic E-state index is 0.272. The van der Waals surface area contributed by atoms with Gasteiger partial charge in [0, 0.05) is 5.02 Å². The van der Waals surface area contributed by atoms with Gasteiger partial charge in [0.25, 0.3) is 0 Å². The van der Waals surface area contributed by atoms with E-state index in [0.717, 1.165) is 30.7 Å². The monoisotopic (exact) mass is 294 g/mol. The standard InChI is InChI=1S/C17H23ClO2/c1-11-3-6-14(9-12(11)2)16(17(19)20)10-13-4-7-15(18)8-5-13/h4-5,7-8,11-12,14,16H,3,6,9-10H2,1-2H3,(H,19,20). The average Bonchev–Trinajstić information content (AvgIpc) is 2.41. The molecule has 110 valence electrons. The van der Waals surface area contributed by atoms with Crippen LogP contribution in [-0.4, -0.2) is 11.1 Å². The Morgan fingerprint density at radius 2 is 1.90 bits per heavy atom. The van der Waals surface area contributed by atoms with Crippen LogP contribution in [0.15, 0.2) is 24.3 Å². The molecule has 1 saturated carbocycles. The molecule has 0 aromatic heterocycles. The molecule has 0 spiro atoms. The Kier molecular flexibility index (Phi) is 5.09. The number of hydrogen-bond donors (Lipinski definition) is 1. The molecule has 1 aliphatic rings. The van der Waals surface area contributed by atoms with Crippen molar-refractivity contribution in [2.75, 3.05) is 0 Å². The van der Waals surface area contributed by atoms with E-state index < -0.39 is 5.97 Å². The van der Waals surface area contributed by atoms with Crippen LogP contribution in [0.3, 0.4) is 0 Å². The maximum Gasteiger partial charge on any atom is 0.307 e. The first-order chi connectivity index (χ1) is 9.47. The zero-order valence-corrected chi connectivity index (χ0v) is 12.9. The van der Waals surface area contributed by atoms with Gasteiger partial charge in [-0.25, -0.2) is 0 Å². The van der Waals surface area contributed by atoms with Crippen LogP contribution in [0.2, 0.25) is 5.02 Å². The van der Waals surface area contributed by atoms with Crippen LogP contribution in [0.4, 0.5) is 0 Å². The summed E-state index contributed by atoms with van der Waals surface area (Å²) in [5, 5.41) is 10.3. The molecule has 0 radical (unpaired) electrons. The van der Waals surface area contributed by atoms with Crippen molar-refractivity contribution < 1.29 is 9.90 Å². The minimum Gasteiger partial charge on any atom is -0.481 e. The second-order valence-corrected chi connectivity index (χ2v) is 6.74. The molecule has 0 bridgehead atoms. The topological polar surface area (TPSA) is 37.3 Å². The summed E-state index contributed by atoms with van der Waals surface area (Å²) in [6.45, 7) is 4.52. The highest BCUT2D eigenvalue weighted by Crippen LogP contribution is 2.38. The van der Waals surface area contributed by atoms with Crippen LogP contribution in [0.5, 0.6) is 0 Å². The molecule has 2 nitrogen and oxygen atoms in total. The van der Waals surface area contributed by atoms with Crippen molar-refractivity contribution in [2.45, 2.75) is 39.5 Å². The van der Waals surface area contributed by atoms with Crippen molar-refractivity contribution in [3.05, 3.63) is 34.9 Å². The van der Waals surface area contributed by atoms with Gasteiger partial charge in [0.1, 0.15) is 0 Å². The number of carboxylic acids is 1. The second-order valence-electron chi connectivity index (χ2n) is 6.30. The Balaban J connectivity index is 2.07. The highest BCUT2D eigenvalue weighted by molar-refractivity contribution is 6.30. The van der Waals surface area contributed by atoms with Crippen molar-refractivity contribution in [2.24, 2.45) is 23.7 Å². The number of halogens is 1. The first-order valence-electron chi connectivity index (χ1n) is 7.44. The SMILES string of the molecule is CC1CCC(C(Cc2ccc(Cl)cc2)C(=O)O)CC1C. The molecular formula is C17H23ClO2. The third kappa shape index (κ3) is 3.76. The molecule has 3 heteroatoms. The van der Waals surface area contributed by atoms with Gasteiger partial charge >= 0.3 is 5.97 Å². The fourth-order valence-electron chi connectivity index (χ4n) is 3.28. The molecule has 0 aliphatic heterocycles. The molecular weight excluding hydrogens is 272 g/mol. The van der Waals surface area contributed by atoms with Crippen molar-refractivity contribution >= 4 is 17.6 Å². The smallest absolute Gasteiger partial charge is 0.307 e. The van der Waals surface area contributed by atoms with Crippen LogP contribution in [-0.2, 0) is 11.2 Å². The number of hydrogen-bond acceptors (Lipinski definition) is 1. The molecule has 0 amide bonds. The van der Waals surface area contributed by atoms with E-state index in [1.54, 1.807) is 0 Å². The van der Waals surface area contributed by atoms with E-state index in [2.05, 4.69) is 13.8 Å². The van der Waals surface area contributed by atoms with E-state index in [1.807, 2.05) is 24.3 Å². The predicted octanol–water partition coefficient (Wildman–Crippen LogP) is 4.66. The Bertz CT molecular complexity index is 455. The minimum atomic E-state index is -0.660. The van der Waals surface area contributed by atoms with Crippen LogP contribution < -0.4 is 0 Å². The third-order valence-corrected chi connectivity index (χ3v) is 5.15. The summed E-state index contributed by atoms with van der Waals surface area (Å²) in [5.74, 6) is 0.712. The van der Waals surface area contributed by atoms with Gasteiger partial charge < -0.3 is 5.11 Å². The molecule has 0 saturated heterocycles. The number of benzene rings is 1. The fraction of sp³-hybridized carbons (Fsp3) is 0.588. The van der Waals surface area contributed by atoms with Gasteiger partial charge in [-0.1, -0.05) is 44.0 Å². The molecule has 1 aliphatic carbocycles. The molecule has 1 N–H and O–H groups in total. The van der Waals surface area contributed by atoms with Gasteiger partial charge in [-0.3, -0.25) is 4.79 Å². The van der Waals surface area contributed by atoms with Crippen molar-refractivity contribution in [3.8, 4) is 0 Å². The molecule has 20 heavy (non-hydrogen) atoms. The Labute approximate surface area is 126 Å². The number of carboxylic acid groups (broad SMARTS) is 1. The van der Waals surface area contributed by atoms with Crippen LogP contribution in [0, 0.1) is 23.7 Å². The normalized spacial score (nSPS) is 28.1. The van der Waals surface area contributed by atoms with Crippen molar-refractivity contribution in [3.63, 3.8) is 0 Å². The lowest BCUT2D eigenvalue weighted by Crippen LogP contribution is -2.32. The maximum absolute atomic E-state index is 11.6. The van der Waals surface area contributed by atoms with Gasteiger partial charge in [0.2, 0.25) is 0 Å². The summed E-state index contributed by atoms with van der Waals surface area (Å²) >= 11 is 5.88. The highest BCUT2D eigenvalue weighted by Gasteiger charge is 2.33. The quantitative estimate of drug-likeness (QED) is 0.877. The Morgan fingerprint density at radius 1 is 1.25 bits per heavy atom. The summed E-state index contributed by atoms with van der Waals surface area (Å²) in [5.41, 5.74) is 1.06. The van der Waals surface area contributed by atoms with Gasteiger partial charge in [-0.2, -0.15) is 0 Å². The Hall–Kier alpha value is -1.02. The Morgan fingerprint density at radius 3 is 2.45 bits per heavy atom. The predicted molar refractivity (Wildman–Crippen MR) is 82.0 cm³/mol. The maximum atomic E-state index is 11.6. The zero-order chi connectivity index (χ0) is 14.7. The van der Waals surface area contributed by atoms with E-state index in [-0.39, 0.29) is 5.92 Å². The van der Waals surface area contributed by atoms with Gasteiger partial charge in [-0.15, -0.1) is 0 Å². The van der Waals surface area contributed by atoms with Crippen molar-refractivity contribution in [1.29, 1.82) is 0 Å². The van der Waals surface area contributed by atoms with Gasteiger partial charge in [0.05, 0.1) is 5.92 Å². The summed E-state index contributed by atoms with van der Waals surface area (Å²) in [6, 6.07) is 7.54. The molecule has 4 atom stereocenters. The van der Waals surface area contributed by atoms with E-state index in [0.29, 0.717) is 23.3 Å². The van der Waals surface area contributed by atoms with Crippen LogP contribution in [0.1, 0.15) is 38.7 Å². The second kappa shape index (κ2) is 6.62. The van der Waals surface area contributed by atoms with E-state index >= 15 is 0 Å². The lowest BCUT2D eigenvalue weighted by Gasteiger charge is -2.35. The van der Waals surface area contributed by atoms with E-state index in [1.165, 1.54) is 0 Å². The summed E-state index contributed by atoms with van der Waals surface area (Å²) in [7, 11) is 0. The fourth-order valence-corrected chi connectivity index (χ4v) is 3.41. The molecule has 1 aromatic carbocycles. The van der Waals surface area contributed by atoms with Crippen molar-refractivity contribution in [1.82, 2.24) is 0 Å². The summed E-state index contributed by atoms with van der Waals surface area (Å²) < 4.78 is 0. The molecule has 0 heterocycles. The van der Waals surface area contributed by atoms with Gasteiger partial charge in [-0.05, 0) is 54.7 Å². The average molecular weight is 295 g/mol. The lowest BCUT2D eigenvalue weighted by atomic mass is 9.70. The number of rotatable bonds is 4. The van der Waals surface area contributed by atoms with Crippen LogP contribution >= 0.6 is 11.6 Å². The van der Waals surface area contributed by atoms with Crippen LogP contribution in [0.25, 0.3) is 0 Å². The molecule has 1 aromatic rings. The molecule has 1 fully saturated rings. The zero-order valence-electron chi connectivity index (χ0n) is 12.2. The molecule has 2 rings (SSSR count). The highest BCUT2D eigenvalue weighted by atomic mass is 35.5. The lowest BCUT2D eigenvalue weighted by molar-refractivity contribution is -0.144. The largest absolute Gasteiger partial charge is 0.481 e. The number of carbonyl (C=O) groups is 1. The first kappa shape index (κ1) is 15.4. The van der Waals surface area contributed by atoms with E-state index in [4.69, 9.17) is 11.6 Å². The first-order valence-corrected chi connectivity index (χ1v) is 7.82. The molecule has 4 unspecified atom stereocenters. The van der Waals surface area contributed by atoms with E-state index in [9.17, 15) is 9.90 Å².